The first-order valence-electron chi connectivity index (χ1n) is 6.70. The van der Waals surface area contributed by atoms with Gasteiger partial charge in [0, 0.05) is 24.3 Å². The van der Waals surface area contributed by atoms with Crippen molar-refractivity contribution < 1.29 is 5.11 Å². The van der Waals surface area contributed by atoms with E-state index in [0.717, 1.165) is 24.1 Å². The SMILES string of the molecule is CCCn1cc(C(O)C(N)Cc2ccccc2)cn1. The van der Waals surface area contributed by atoms with Crippen LogP contribution in [0.5, 0.6) is 0 Å². The van der Waals surface area contributed by atoms with Gasteiger partial charge in [-0.15, -0.1) is 0 Å². The zero-order chi connectivity index (χ0) is 13.7. The molecule has 1 aromatic heterocycles. The molecule has 4 heteroatoms. The van der Waals surface area contributed by atoms with E-state index >= 15 is 0 Å². The summed E-state index contributed by atoms with van der Waals surface area (Å²) in [6.45, 7) is 2.96. The molecule has 2 atom stereocenters. The van der Waals surface area contributed by atoms with Gasteiger partial charge in [-0.3, -0.25) is 4.68 Å². The molecule has 2 aromatic rings. The molecular weight excluding hydrogens is 238 g/mol. The Hall–Kier alpha value is -1.65. The number of rotatable bonds is 6. The lowest BCUT2D eigenvalue weighted by molar-refractivity contribution is 0.146. The van der Waals surface area contributed by atoms with Crippen molar-refractivity contribution in [2.75, 3.05) is 0 Å². The molecule has 0 spiro atoms. The molecule has 0 bridgehead atoms. The number of hydrogen-bond acceptors (Lipinski definition) is 3. The summed E-state index contributed by atoms with van der Waals surface area (Å²) in [5.41, 5.74) is 8.00. The van der Waals surface area contributed by atoms with Gasteiger partial charge in [0.15, 0.2) is 0 Å². The molecule has 1 aromatic carbocycles. The van der Waals surface area contributed by atoms with E-state index in [2.05, 4.69) is 12.0 Å². The van der Waals surface area contributed by atoms with E-state index < -0.39 is 6.10 Å². The molecule has 0 aliphatic carbocycles. The van der Waals surface area contributed by atoms with E-state index in [1.54, 1.807) is 6.20 Å². The molecule has 0 radical (unpaired) electrons. The van der Waals surface area contributed by atoms with Crippen molar-refractivity contribution in [3.8, 4) is 0 Å². The maximum absolute atomic E-state index is 10.3. The first-order chi connectivity index (χ1) is 9.20. The Morgan fingerprint density at radius 1 is 1.32 bits per heavy atom. The molecule has 4 nitrogen and oxygen atoms in total. The van der Waals surface area contributed by atoms with Gasteiger partial charge >= 0.3 is 0 Å². The third kappa shape index (κ3) is 3.66. The fourth-order valence-corrected chi connectivity index (χ4v) is 2.13. The number of nitrogens with two attached hydrogens (primary N) is 1. The van der Waals surface area contributed by atoms with Crippen LogP contribution in [0, 0.1) is 0 Å². The topological polar surface area (TPSA) is 64.1 Å². The van der Waals surface area contributed by atoms with E-state index in [4.69, 9.17) is 5.73 Å². The summed E-state index contributed by atoms with van der Waals surface area (Å²) in [5.74, 6) is 0. The summed E-state index contributed by atoms with van der Waals surface area (Å²) in [5, 5.41) is 14.5. The fourth-order valence-electron chi connectivity index (χ4n) is 2.13. The highest BCUT2D eigenvalue weighted by Crippen LogP contribution is 2.18. The van der Waals surface area contributed by atoms with E-state index in [-0.39, 0.29) is 6.04 Å². The first-order valence-corrected chi connectivity index (χ1v) is 6.70. The molecule has 1 heterocycles. The summed E-state index contributed by atoms with van der Waals surface area (Å²) in [7, 11) is 0. The Kier molecular flexibility index (Phi) is 4.71. The minimum Gasteiger partial charge on any atom is -0.387 e. The minimum absolute atomic E-state index is 0.318. The highest BCUT2D eigenvalue weighted by Gasteiger charge is 2.18. The molecular formula is C15H21N3O. The van der Waals surface area contributed by atoms with Gasteiger partial charge in [-0.25, -0.2) is 0 Å². The van der Waals surface area contributed by atoms with E-state index in [1.807, 2.05) is 41.2 Å². The molecule has 0 saturated heterocycles. The predicted molar refractivity (Wildman–Crippen MR) is 75.6 cm³/mol. The van der Waals surface area contributed by atoms with Crippen LogP contribution in [0.15, 0.2) is 42.7 Å². The molecule has 0 fully saturated rings. The van der Waals surface area contributed by atoms with Gasteiger partial charge in [0.05, 0.1) is 12.3 Å². The second kappa shape index (κ2) is 6.50. The first kappa shape index (κ1) is 13.8. The maximum Gasteiger partial charge on any atom is 0.0974 e. The van der Waals surface area contributed by atoms with Crippen LogP contribution < -0.4 is 5.73 Å². The van der Waals surface area contributed by atoms with Crippen LogP contribution in [-0.4, -0.2) is 20.9 Å². The summed E-state index contributed by atoms with van der Waals surface area (Å²) in [6.07, 6.45) is 4.57. The zero-order valence-electron chi connectivity index (χ0n) is 11.2. The minimum atomic E-state index is -0.675. The van der Waals surface area contributed by atoms with Crippen LogP contribution in [-0.2, 0) is 13.0 Å². The van der Waals surface area contributed by atoms with Gasteiger partial charge < -0.3 is 10.8 Å². The molecule has 2 unspecified atom stereocenters. The lowest BCUT2D eigenvalue weighted by atomic mass is 9.99. The van der Waals surface area contributed by atoms with Gasteiger partial charge in [-0.1, -0.05) is 37.3 Å². The van der Waals surface area contributed by atoms with Gasteiger partial charge in [-0.2, -0.15) is 5.10 Å². The fraction of sp³-hybridized carbons (Fsp3) is 0.400. The van der Waals surface area contributed by atoms with Gasteiger partial charge in [0.25, 0.3) is 0 Å². The summed E-state index contributed by atoms with van der Waals surface area (Å²) in [6, 6.07) is 9.66. The van der Waals surface area contributed by atoms with Crippen molar-refractivity contribution in [2.24, 2.45) is 5.73 Å². The molecule has 0 saturated carbocycles. The Morgan fingerprint density at radius 3 is 2.74 bits per heavy atom. The van der Waals surface area contributed by atoms with Gasteiger partial charge in [0.1, 0.15) is 0 Å². The molecule has 3 N–H and O–H groups in total. The second-order valence-corrected chi connectivity index (χ2v) is 4.84. The molecule has 19 heavy (non-hydrogen) atoms. The highest BCUT2D eigenvalue weighted by atomic mass is 16.3. The average molecular weight is 259 g/mol. The highest BCUT2D eigenvalue weighted by molar-refractivity contribution is 5.18. The van der Waals surface area contributed by atoms with Crippen molar-refractivity contribution in [1.29, 1.82) is 0 Å². The van der Waals surface area contributed by atoms with E-state index in [9.17, 15) is 5.11 Å². The zero-order valence-corrected chi connectivity index (χ0v) is 11.2. The largest absolute Gasteiger partial charge is 0.387 e. The Labute approximate surface area is 113 Å². The number of aromatic nitrogens is 2. The van der Waals surface area contributed by atoms with Crippen molar-refractivity contribution in [1.82, 2.24) is 9.78 Å². The number of aliphatic hydroxyl groups is 1. The van der Waals surface area contributed by atoms with Gasteiger partial charge in [-0.05, 0) is 18.4 Å². The monoisotopic (exact) mass is 259 g/mol. The summed E-state index contributed by atoms with van der Waals surface area (Å²) >= 11 is 0. The van der Waals surface area contributed by atoms with Crippen molar-refractivity contribution in [3.05, 3.63) is 53.9 Å². The Balaban J connectivity index is 1.99. The van der Waals surface area contributed by atoms with Crippen molar-refractivity contribution >= 4 is 0 Å². The number of nitrogens with zero attached hydrogens (tertiary/aromatic N) is 2. The predicted octanol–water partition coefficient (Wildman–Crippen LogP) is 1.90. The molecule has 0 aliphatic rings. The molecule has 0 aliphatic heterocycles. The van der Waals surface area contributed by atoms with Crippen LogP contribution in [0.3, 0.4) is 0 Å². The Bertz CT molecular complexity index is 495. The van der Waals surface area contributed by atoms with Crippen LogP contribution in [0.2, 0.25) is 0 Å². The van der Waals surface area contributed by atoms with E-state index in [1.165, 1.54) is 0 Å². The smallest absolute Gasteiger partial charge is 0.0974 e. The summed E-state index contributed by atoms with van der Waals surface area (Å²) < 4.78 is 1.84. The van der Waals surface area contributed by atoms with Crippen molar-refractivity contribution in [3.63, 3.8) is 0 Å². The quantitative estimate of drug-likeness (QED) is 0.832. The second-order valence-electron chi connectivity index (χ2n) is 4.84. The lowest BCUT2D eigenvalue weighted by Crippen LogP contribution is -2.30. The van der Waals surface area contributed by atoms with Crippen LogP contribution >= 0.6 is 0 Å². The molecule has 0 amide bonds. The number of aryl methyl sites for hydroxylation is 1. The number of hydrogen-bond donors (Lipinski definition) is 2. The normalized spacial score (nSPS) is 14.3. The molecule has 102 valence electrons. The lowest BCUT2D eigenvalue weighted by Gasteiger charge is -2.17. The number of benzene rings is 1. The van der Waals surface area contributed by atoms with Crippen LogP contribution in [0.25, 0.3) is 0 Å². The van der Waals surface area contributed by atoms with Crippen LogP contribution in [0.1, 0.15) is 30.6 Å². The third-order valence-corrected chi connectivity index (χ3v) is 3.17. The Morgan fingerprint density at radius 2 is 2.05 bits per heavy atom. The van der Waals surface area contributed by atoms with Crippen molar-refractivity contribution in [2.45, 2.75) is 38.5 Å². The standard InChI is InChI=1S/C15H21N3O/c1-2-8-18-11-13(10-17-18)15(19)14(16)9-12-6-4-3-5-7-12/h3-7,10-11,14-15,19H,2,8-9,16H2,1H3. The van der Waals surface area contributed by atoms with Gasteiger partial charge in [0.2, 0.25) is 0 Å². The van der Waals surface area contributed by atoms with E-state index in [0.29, 0.717) is 6.42 Å². The third-order valence-electron chi connectivity index (χ3n) is 3.17. The summed E-state index contributed by atoms with van der Waals surface area (Å²) in [4.78, 5) is 0. The number of aliphatic hydroxyl groups excluding tert-OH is 1. The van der Waals surface area contributed by atoms with Crippen LogP contribution in [0.4, 0.5) is 0 Å². The average Bonchev–Trinajstić information content (AvgIpc) is 2.88. The molecule has 2 rings (SSSR count). The maximum atomic E-state index is 10.3.